The van der Waals surface area contributed by atoms with E-state index in [0.29, 0.717) is 12.5 Å². The largest absolute Gasteiger partial charge is 0.460 e. The van der Waals surface area contributed by atoms with Gasteiger partial charge in [0.15, 0.2) is 0 Å². The quantitative estimate of drug-likeness (QED) is 0.843. The second kappa shape index (κ2) is 7.35. The lowest BCUT2D eigenvalue weighted by atomic mass is 9.95. The smallest absolute Gasteiger partial charge is 0.374 e. The van der Waals surface area contributed by atoms with Crippen molar-refractivity contribution < 1.29 is 13.9 Å². The number of piperidine rings is 1. The third kappa shape index (κ3) is 4.40. The molecule has 0 bridgehead atoms. The van der Waals surface area contributed by atoms with E-state index in [4.69, 9.17) is 9.15 Å². The van der Waals surface area contributed by atoms with E-state index in [1.165, 1.54) is 19.1 Å². The Labute approximate surface area is 107 Å². The van der Waals surface area contributed by atoms with E-state index < -0.39 is 0 Å². The highest BCUT2D eigenvalue weighted by Gasteiger charge is 2.14. The Balaban J connectivity index is 0.00000144. The molecule has 1 N–H and O–H groups in total. The van der Waals surface area contributed by atoms with Crippen LogP contribution >= 0.6 is 12.4 Å². The predicted molar refractivity (Wildman–Crippen MR) is 66.4 cm³/mol. The van der Waals surface area contributed by atoms with Crippen LogP contribution in [0.5, 0.6) is 0 Å². The number of hydrogen-bond donors (Lipinski definition) is 1. The van der Waals surface area contributed by atoms with Crippen molar-refractivity contribution in [1.82, 2.24) is 5.32 Å². The Kier molecular flexibility index (Phi) is 6.08. The van der Waals surface area contributed by atoms with Crippen molar-refractivity contribution in [3.05, 3.63) is 24.2 Å². The number of nitrogens with one attached hydrogen (secondary N) is 1. The summed E-state index contributed by atoms with van der Waals surface area (Å²) >= 11 is 0. The summed E-state index contributed by atoms with van der Waals surface area (Å²) in [5.41, 5.74) is 0. The molecule has 1 aromatic heterocycles. The molecule has 1 aliphatic rings. The first kappa shape index (κ1) is 14.1. The second-order valence-electron chi connectivity index (χ2n) is 4.10. The third-order valence-corrected chi connectivity index (χ3v) is 2.94. The summed E-state index contributed by atoms with van der Waals surface area (Å²) in [7, 11) is 0. The fourth-order valence-electron chi connectivity index (χ4n) is 1.95. The highest BCUT2D eigenvalue weighted by Crippen LogP contribution is 2.16. The summed E-state index contributed by atoms with van der Waals surface area (Å²) in [5.74, 6) is 0.606. The van der Waals surface area contributed by atoms with Gasteiger partial charge < -0.3 is 14.5 Å². The van der Waals surface area contributed by atoms with Crippen LogP contribution in [0.15, 0.2) is 22.8 Å². The Morgan fingerprint density at radius 3 is 2.88 bits per heavy atom. The molecule has 96 valence electrons. The minimum Gasteiger partial charge on any atom is -0.460 e. The number of furan rings is 1. The average molecular weight is 260 g/mol. The highest BCUT2D eigenvalue weighted by molar-refractivity contribution is 5.86. The van der Waals surface area contributed by atoms with Crippen LogP contribution in [0.25, 0.3) is 0 Å². The zero-order valence-corrected chi connectivity index (χ0v) is 10.5. The fourth-order valence-corrected chi connectivity index (χ4v) is 1.95. The van der Waals surface area contributed by atoms with Gasteiger partial charge in [-0.2, -0.15) is 0 Å². The van der Waals surface area contributed by atoms with Gasteiger partial charge in [0.25, 0.3) is 0 Å². The van der Waals surface area contributed by atoms with Crippen LogP contribution < -0.4 is 5.32 Å². The molecule has 0 saturated carbocycles. The van der Waals surface area contributed by atoms with Crippen LogP contribution in [0, 0.1) is 5.92 Å². The maximum atomic E-state index is 11.4. The zero-order valence-electron chi connectivity index (χ0n) is 9.69. The molecular formula is C12H18ClNO3. The van der Waals surface area contributed by atoms with Gasteiger partial charge in [0.2, 0.25) is 5.76 Å². The number of carbonyl (C=O) groups is 1. The summed E-state index contributed by atoms with van der Waals surface area (Å²) < 4.78 is 10.1. The average Bonchev–Trinajstić information content (AvgIpc) is 2.84. The zero-order chi connectivity index (χ0) is 11.2. The molecule has 4 nitrogen and oxygen atoms in total. The van der Waals surface area contributed by atoms with Crippen molar-refractivity contribution in [2.75, 3.05) is 19.7 Å². The molecule has 0 radical (unpaired) electrons. The number of esters is 1. The molecule has 1 fully saturated rings. The molecule has 0 aromatic carbocycles. The molecule has 0 unspecified atom stereocenters. The lowest BCUT2D eigenvalue weighted by Crippen LogP contribution is -2.28. The molecule has 2 heterocycles. The van der Waals surface area contributed by atoms with Crippen molar-refractivity contribution in [3.8, 4) is 0 Å². The van der Waals surface area contributed by atoms with Gasteiger partial charge in [-0.05, 0) is 50.4 Å². The first-order chi connectivity index (χ1) is 7.86. The summed E-state index contributed by atoms with van der Waals surface area (Å²) in [6.45, 7) is 2.65. The molecule has 5 heteroatoms. The summed E-state index contributed by atoms with van der Waals surface area (Å²) in [4.78, 5) is 11.4. The molecule has 17 heavy (non-hydrogen) atoms. The molecular weight excluding hydrogens is 242 g/mol. The van der Waals surface area contributed by atoms with Gasteiger partial charge in [0, 0.05) is 0 Å². The van der Waals surface area contributed by atoms with Gasteiger partial charge in [-0.15, -0.1) is 12.4 Å². The van der Waals surface area contributed by atoms with E-state index in [9.17, 15) is 4.79 Å². The lowest BCUT2D eigenvalue weighted by Gasteiger charge is -2.21. The molecule has 0 aliphatic carbocycles. The molecule has 0 spiro atoms. The molecule has 2 rings (SSSR count). The normalized spacial score (nSPS) is 16.2. The van der Waals surface area contributed by atoms with Crippen LogP contribution in [0.2, 0.25) is 0 Å². The van der Waals surface area contributed by atoms with E-state index in [1.54, 1.807) is 12.1 Å². The standard InChI is InChI=1S/C12H17NO3.ClH/c14-12(11-2-1-8-15-11)16-9-5-10-3-6-13-7-4-10;/h1-2,8,10,13H,3-7,9H2;1H. The van der Waals surface area contributed by atoms with Crippen LogP contribution in [-0.2, 0) is 4.74 Å². The molecule has 1 aliphatic heterocycles. The van der Waals surface area contributed by atoms with Gasteiger partial charge in [-0.1, -0.05) is 0 Å². The molecule has 0 amide bonds. The maximum Gasteiger partial charge on any atom is 0.374 e. The van der Waals surface area contributed by atoms with Crippen LogP contribution in [0.4, 0.5) is 0 Å². The minimum absolute atomic E-state index is 0. The summed E-state index contributed by atoms with van der Waals surface area (Å²) in [6.07, 6.45) is 4.79. The van der Waals surface area contributed by atoms with Crippen LogP contribution in [-0.4, -0.2) is 25.7 Å². The number of rotatable bonds is 4. The van der Waals surface area contributed by atoms with Crippen molar-refractivity contribution in [2.45, 2.75) is 19.3 Å². The summed E-state index contributed by atoms with van der Waals surface area (Å²) in [5, 5.41) is 3.31. The number of hydrogen-bond acceptors (Lipinski definition) is 4. The fraction of sp³-hybridized carbons (Fsp3) is 0.583. The van der Waals surface area contributed by atoms with Crippen molar-refractivity contribution in [2.24, 2.45) is 5.92 Å². The van der Waals surface area contributed by atoms with Crippen molar-refractivity contribution in [3.63, 3.8) is 0 Å². The van der Waals surface area contributed by atoms with Crippen LogP contribution in [0.3, 0.4) is 0 Å². The third-order valence-electron chi connectivity index (χ3n) is 2.94. The predicted octanol–water partition coefficient (Wildman–Crippen LogP) is 2.25. The van der Waals surface area contributed by atoms with Crippen LogP contribution in [0.1, 0.15) is 29.8 Å². The lowest BCUT2D eigenvalue weighted by molar-refractivity contribution is 0.0440. The van der Waals surface area contributed by atoms with E-state index in [1.807, 2.05) is 0 Å². The number of carbonyl (C=O) groups excluding carboxylic acids is 1. The topological polar surface area (TPSA) is 51.5 Å². The maximum absolute atomic E-state index is 11.4. The van der Waals surface area contributed by atoms with Gasteiger partial charge >= 0.3 is 5.97 Å². The van der Waals surface area contributed by atoms with E-state index in [2.05, 4.69) is 5.32 Å². The highest BCUT2D eigenvalue weighted by atomic mass is 35.5. The van der Waals surface area contributed by atoms with E-state index in [0.717, 1.165) is 19.5 Å². The van der Waals surface area contributed by atoms with Gasteiger partial charge in [0.05, 0.1) is 12.9 Å². The molecule has 1 aromatic rings. The van der Waals surface area contributed by atoms with Gasteiger partial charge in [-0.25, -0.2) is 4.79 Å². The number of ether oxygens (including phenoxy) is 1. The van der Waals surface area contributed by atoms with Gasteiger partial charge in [-0.3, -0.25) is 0 Å². The van der Waals surface area contributed by atoms with E-state index >= 15 is 0 Å². The Hall–Kier alpha value is -1.00. The van der Waals surface area contributed by atoms with Crippen molar-refractivity contribution >= 4 is 18.4 Å². The number of halogens is 1. The van der Waals surface area contributed by atoms with Gasteiger partial charge in [0.1, 0.15) is 0 Å². The summed E-state index contributed by atoms with van der Waals surface area (Å²) in [6, 6.07) is 3.30. The first-order valence-corrected chi connectivity index (χ1v) is 5.77. The second-order valence-corrected chi connectivity index (χ2v) is 4.10. The SMILES string of the molecule is Cl.O=C(OCCC1CCNCC1)c1ccco1. The Morgan fingerprint density at radius 2 is 2.24 bits per heavy atom. The monoisotopic (exact) mass is 259 g/mol. The Bertz CT molecular complexity index is 321. The molecule has 1 saturated heterocycles. The Morgan fingerprint density at radius 1 is 1.47 bits per heavy atom. The first-order valence-electron chi connectivity index (χ1n) is 5.77. The molecule has 0 atom stereocenters. The van der Waals surface area contributed by atoms with E-state index in [-0.39, 0.29) is 24.1 Å². The van der Waals surface area contributed by atoms with Crippen molar-refractivity contribution in [1.29, 1.82) is 0 Å². The minimum atomic E-state index is -0.362.